The van der Waals surface area contributed by atoms with Gasteiger partial charge in [0.2, 0.25) is 0 Å². The third kappa shape index (κ3) is 2.54. The fourth-order valence-electron chi connectivity index (χ4n) is 2.77. The van der Waals surface area contributed by atoms with Crippen LogP contribution >= 0.6 is 0 Å². The van der Waals surface area contributed by atoms with Crippen LogP contribution in [0.3, 0.4) is 0 Å². The molecule has 0 amide bonds. The van der Waals surface area contributed by atoms with Gasteiger partial charge in [-0.3, -0.25) is 0 Å². The van der Waals surface area contributed by atoms with Gasteiger partial charge in [-0.25, -0.2) is 0 Å². The Morgan fingerprint density at radius 3 is 2.33 bits per heavy atom. The predicted octanol–water partition coefficient (Wildman–Crippen LogP) is 2.15. The van der Waals surface area contributed by atoms with Gasteiger partial charge in [0.15, 0.2) is 0 Å². The summed E-state index contributed by atoms with van der Waals surface area (Å²) in [5.74, 6) is 0. The van der Waals surface area contributed by atoms with Crippen LogP contribution < -0.4 is 10.6 Å². The van der Waals surface area contributed by atoms with Gasteiger partial charge in [0.05, 0.1) is 0 Å². The number of nitrogens with one attached hydrogen (secondary N) is 2. The van der Waals surface area contributed by atoms with E-state index in [2.05, 4.69) is 31.4 Å². The van der Waals surface area contributed by atoms with Gasteiger partial charge < -0.3 is 10.6 Å². The first-order valence-corrected chi connectivity index (χ1v) is 6.52. The van der Waals surface area contributed by atoms with Gasteiger partial charge in [-0.05, 0) is 49.6 Å². The van der Waals surface area contributed by atoms with Crippen LogP contribution in [0, 0.1) is 10.8 Å². The zero-order valence-electron chi connectivity index (χ0n) is 10.5. The van der Waals surface area contributed by atoms with E-state index in [0.29, 0.717) is 10.8 Å². The highest BCUT2D eigenvalue weighted by atomic mass is 15.0. The normalized spacial score (nSPS) is 32.6. The number of hydrogen-bond donors (Lipinski definition) is 2. The predicted molar refractivity (Wildman–Crippen MR) is 65.0 cm³/mol. The second kappa shape index (κ2) is 4.06. The lowest BCUT2D eigenvalue weighted by Crippen LogP contribution is -2.43. The molecule has 1 aliphatic carbocycles. The Bertz CT molecular complexity index is 217. The Balaban J connectivity index is 1.80. The highest BCUT2D eigenvalue weighted by Gasteiger charge is 2.46. The molecule has 1 saturated heterocycles. The molecule has 2 nitrogen and oxygen atoms in total. The zero-order valence-corrected chi connectivity index (χ0v) is 10.5. The monoisotopic (exact) mass is 210 g/mol. The second-order valence-corrected chi connectivity index (χ2v) is 6.23. The summed E-state index contributed by atoms with van der Waals surface area (Å²) in [6, 6.07) is 0.788. The van der Waals surface area contributed by atoms with Gasteiger partial charge in [0.25, 0.3) is 0 Å². The first-order chi connectivity index (χ1) is 7.08. The maximum absolute atomic E-state index is 3.78. The Labute approximate surface area is 94.2 Å². The van der Waals surface area contributed by atoms with Crippen LogP contribution in [-0.4, -0.2) is 25.7 Å². The molecule has 1 atom stereocenters. The summed E-state index contributed by atoms with van der Waals surface area (Å²) in [6.07, 6.45) is 5.40. The second-order valence-electron chi connectivity index (χ2n) is 6.23. The smallest absolute Gasteiger partial charge is 0.0125 e. The van der Waals surface area contributed by atoms with Gasteiger partial charge >= 0.3 is 0 Å². The average molecular weight is 210 g/mol. The van der Waals surface area contributed by atoms with Crippen molar-refractivity contribution in [1.29, 1.82) is 0 Å². The molecule has 0 spiro atoms. The van der Waals surface area contributed by atoms with E-state index in [0.717, 1.165) is 6.04 Å². The Morgan fingerprint density at radius 2 is 1.87 bits per heavy atom. The molecule has 2 N–H and O–H groups in total. The molecule has 0 aromatic rings. The van der Waals surface area contributed by atoms with Gasteiger partial charge in [0, 0.05) is 12.6 Å². The quantitative estimate of drug-likeness (QED) is 0.743. The van der Waals surface area contributed by atoms with Crippen LogP contribution in [0.25, 0.3) is 0 Å². The highest BCUT2D eigenvalue weighted by molar-refractivity contribution is 5.02. The Kier molecular flexibility index (Phi) is 3.09. The number of hydrogen-bond acceptors (Lipinski definition) is 2. The summed E-state index contributed by atoms with van der Waals surface area (Å²) >= 11 is 0. The molecule has 2 aliphatic rings. The summed E-state index contributed by atoms with van der Waals surface area (Å²) in [6.45, 7) is 10.7. The lowest BCUT2D eigenvalue weighted by Gasteiger charge is -2.37. The van der Waals surface area contributed by atoms with Crippen LogP contribution in [0.1, 0.15) is 46.5 Å². The SMILES string of the molecule is CCC1(CNC2CC2(C)C)CCNCC1. The molecule has 1 saturated carbocycles. The third-order valence-electron chi connectivity index (χ3n) is 4.65. The minimum atomic E-state index is 0.571. The van der Waals surface area contributed by atoms with Crippen molar-refractivity contribution in [3.05, 3.63) is 0 Å². The first kappa shape index (κ1) is 11.4. The molecular formula is C13H26N2. The van der Waals surface area contributed by atoms with Gasteiger partial charge in [-0.1, -0.05) is 20.8 Å². The van der Waals surface area contributed by atoms with Crippen LogP contribution in [0.2, 0.25) is 0 Å². The van der Waals surface area contributed by atoms with Crippen molar-refractivity contribution >= 4 is 0 Å². The minimum absolute atomic E-state index is 0.571. The summed E-state index contributed by atoms with van der Waals surface area (Å²) in [7, 11) is 0. The lowest BCUT2D eigenvalue weighted by molar-refractivity contribution is 0.183. The van der Waals surface area contributed by atoms with Crippen LogP contribution in [-0.2, 0) is 0 Å². The standard InChI is InChI=1S/C13H26N2/c1-4-13(5-7-14-8-6-13)10-15-11-9-12(11,2)3/h11,14-15H,4-10H2,1-3H3. The van der Waals surface area contributed by atoms with Crippen LogP contribution in [0.15, 0.2) is 0 Å². The van der Waals surface area contributed by atoms with Crippen molar-refractivity contribution in [2.24, 2.45) is 10.8 Å². The van der Waals surface area contributed by atoms with Crippen molar-refractivity contribution < 1.29 is 0 Å². The van der Waals surface area contributed by atoms with Crippen molar-refractivity contribution in [3.8, 4) is 0 Å². The molecule has 15 heavy (non-hydrogen) atoms. The van der Waals surface area contributed by atoms with Crippen molar-refractivity contribution in [1.82, 2.24) is 10.6 Å². The zero-order chi connectivity index (χ0) is 10.9. The molecule has 0 aromatic carbocycles. The van der Waals surface area contributed by atoms with E-state index in [1.807, 2.05) is 0 Å². The van der Waals surface area contributed by atoms with Crippen molar-refractivity contribution in [2.45, 2.75) is 52.5 Å². The van der Waals surface area contributed by atoms with Crippen LogP contribution in [0.4, 0.5) is 0 Å². The van der Waals surface area contributed by atoms with Crippen LogP contribution in [0.5, 0.6) is 0 Å². The van der Waals surface area contributed by atoms with E-state index in [1.54, 1.807) is 0 Å². The molecule has 88 valence electrons. The molecule has 1 heterocycles. The van der Waals surface area contributed by atoms with E-state index in [1.165, 1.54) is 45.3 Å². The summed E-state index contributed by atoms with van der Waals surface area (Å²) in [5.41, 5.74) is 1.16. The summed E-state index contributed by atoms with van der Waals surface area (Å²) < 4.78 is 0. The molecule has 0 aromatic heterocycles. The molecule has 1 aliphatic heterocycles. The molecule has 1 unspecified atom stereocenters. The molecular weight excluding hydrogens is 184 g/mol. The minimum Gasteiger partial charge on any atom is -0.317 e. The topological polar surface area (TPSA) is 24.1 Å². The highest BCUT2D eigenvalue weighted by Crippen LogP contribution is 2.45. The number of piperidine rings is 1. The van der Waals surface area contributed by atoms with Gasteiger partial charge in [-0.15, -0.1) is 0 Å². The maximum atomic E-state index is 3.78. The van der Waals surface area contributed by atoms with E-state index in [9.17, 15) is 0 Å². The molecule has 0 bridgehead atoms. The van der Waals surface area contributed by atoms with Crippen molar-refractivity contribution in [3.63, 3.8) is 0 Å². The van der Waals surface area contributed by atoms with Gasteiger partial charge in [-0.2, -0.15) is 0 Å². The molecule has 2 heteroatoms. The first-order valence-electron chi connectivity index (χ1n) is 6.52. The van der Waals surface area contributed by atoms with E-state index >= 15 is 0 Å². The van der Waals surface area contributed by atoms with E-state index in [-0.39, 0.29) is 0 Å². The molecule has 2 rings (SSSR count). The molecule has 2 fully saturated rings. The maximum Gasteiger partial charge on any atom is 0.0125 e. The lowest BCUT2D eigenvalue weighted by atomic mass is 9.76. The fourth-order valence-corrected chi connectivity index (χ4v) is 2.77. The summed E-state index contributed by atoms with van der Waals surface area (Å²) in [4.78, 5) is 0. The van der Waals surface area contributed by atoms with E-state index < -0.39 is 0 Å². The number of rotatable bonds is 4. The summed E-state index contributed by atoms with van der Waals surface area (Å²) in [5, 5.41) is 7.25. The Morgan fingerprint density at radius 1 is 1.27 bits per heavy atom. The van der Waals surface area contributed by atoms with Gasteiger partial charge in [0.1, 0.15) is 0 Å². The van der Waals surface area contributed by atoms with E-state index in [4.69, 9.17) is 0 Å². The molecule has 0 radical (unpaired) electrons. The van der Waals surface area contributed by atoms with Crippen molar-refractivity contribution in [2.75, 3.05) is 19.6 Å². The average Bonchev–Trinajstić information content (AvgIpc) is 2.85. The third-order valence-corrected chi connectivity index (χ3v) is 4.65. The Hall–Kier alpha value is -0.0800. The largest absolute Gasteiger partial charge is 0.317 e. The fraction of sp³-hybridized carbons (Fsp3) is 1.00.